The summed E-state index contributed by atoms with van der Waals surface area (Å²) in [6.45, 7) is 1.09. The van der Waals surface area contributed by atoms with Crippen molar-refractivity contribution >= 4 is 6.03 Å². The maximum Gasteiger partial charge on any atom is 0.353 e. The van der Waals surface area contributed by atoms with Crippen molar-refractivity contribution in [3.05, 3.63) is 71.8 Å². The Bertz CT molecular complexity index is 490. The highest BCUT2D eigenvalue weighted by Crippen LogP contribution is 2.07. The van der Waals surface area contributed by atoms with Crippen LogP contribution in [0.25, 0.3) is 0 Å². The summed E-state index contributed by atoms with van der Waals surface area (Å²) in [6.07, 6.45) is 0. The topological polar surface area (TPSA) is 64.6 Å². The van der Waals surface area contributed by atoms with E-state index in [4.69, 9.17) is 5.21 Å². The normalized spacial score (nSPS) is 10.3. The van der Waals surface area contributed by atoms with E-state index in [0.29, 0.717) is 13.1 Å². The number of carbonyl (C=O) groups is 1. The lowest BCUT2D eigenvalue weighted by Gasteiger charge is -2.22. The van der Waals surface area contributed by atoms with Crippen molar-refractivity contribution < 1.29 is 10.0 Å². The highest BCUT2D eigenvalue weighted by Gasteiger charge is 2.09. The third kappa shape index (κ3) is 4.38. The molecule has 0 spiro atoms. The summed E-state index contributed by atoms with van der Waals surface area (Å²) in [5, 5.41) is 10.4. The number of carbonyl (C=O) groups excluding carboxylic acids is 1. The molecular formula is C15H17N3O2. The number of nitrogens with zero attached hydrogens (tertiary/aromatic N) is 1. The molecule has 2 rings (SSSR count). The minimum absolute atomic E-state index is 0.545. The van der Waals surface area contributed by atoms with Crippen LogP contribution in [0.1, 0.15) is 11.1 Å². The molecule has 0 saturated heterocycles. The van der Waals surface area contributed by atoms with Gasteiger partial charge >= 0.3 is 6.03 Å². The molecule has 0 aliphatic carbocycles. The zero-order chi connectivity index (χ0) is 14.2. The molecule has 0 atom stereocenters. The number of hydroxylamine groups is 1. The molecule has 104 valence electrons. The van der Waals surface area contributed by atoms with Crippen molar-refractivity contribution in [3.8, 4) is 0 Å². The quantitative estimate of drug-likeness (QED) is 0.577. The van der Waals surface area contributed by atoms with Crippen molar-refractivity contribution in [2.45, 2.75) is 13.1 Å². The Hall–Kier alpha value is -2.37. The molecule has 0 aliphatic heterocycles. The average Bonchev–Trinajstić information content (AvgIpc) is 2.49. The van der Waals surface area contributed by atoms with Gasteiger partial charge in [0.25, 0.3) is 0 Å². The predicted octanol–water partition coefficient (Wildman–Crippen LogP) is 2.29. The van der Waals surface area contributed by atoms with E-state index in [1.165, 1.54) is 0 Å². The van der Waals surface area contributed by atoms with Gasteiger partial charge in [0.1, 0.15) is 0 Å². The van der Waals surface area contributed by atoms with Gasteiger partial charge in [-0.3, -0.25) is 10.6 Å². The third-order valence-corrected chi connectivity index (χ3v) is 2.79. The summed E-state index contributed by atoms with van der Waals surface area (Å²) in [7, 11) is 0. The maximum absolute atomic E-state index is 11.3. The van der Waals surface area contributed by atoms with Gasteiger partial charge in [-0.25, -0.2) is 15.3 Å². The van der Waals surface area contributed by atoms with Crippen molar-refractivity contribution in [1.82, 2.24) is 15.9 Å². The Labute approximate surface area is 117 Å². The lowest BCUT2D eigenvalue weighted by Crippen LogP contribution is -2.45. The molecule has 5 nitrogen and oxygen atoms in total. The van der Waals surface area contributed by atoms with E-state index in [1.54, 1.807) is 10.5 Å². The van der Waals surface area contributed by atoms with Crippen LogP contribution in [-0.2, 0) is 13.1 Å². The van der Waals surface area contributed by atoms with Crippen molar-refractivity contribution in [1.29, 1.82) is 0 Å². The van der Waals surface area contributed by atoms with Gasteiger partial charge in [0.05, 0.1) is 0 Å². The first-order valence-electron chi connectivity index (χ1n) is 6.31. The van der Waals surface area contributed by atoms with Crippen molar-refractivity contribution in [2.24, 2.45) is 0 Å². The zero-order valence-electron chi connectivity index (χ0n) is 11.0. The number of hydrazine groups is 1. The lowest BCUT2D eigenvalue weighted by molar-refractivity contribution is 0.120. The van der Waals surface area contributed by atoms with Crippen LogP contribution in [0.5, 0.6) is 0 Å². The van der Waals surface area contributed by atoms with E-state index in [9.17, 15) is 4.79 Å². The summed E-state index contributed by atoms with van der Waals surface area (Å²) in [6, 6.07) is 18.9. The molecule has 20 heavy (non-hydrogen) atoms. The average molecular weight is 271 g/mol. The molecule has 3 N–H and O–H groups in total. The minimum Gasteiger partial charge on any atom is -0.287 e. The first-order chi connectivity index (χ1) is 9.78. The molecule has 5 heteroatoms. The Kier molecular flexibility index (Phi) is 5.11. The fourth-order valence-corrected chi connectivity index (χ4v) is 1.91. The third-order valence-electron chi connectivity index (χ3n) is 2.79. The molecule has 0 bridgehead atoms. The molecule has 0 aromatic heterocycles. The number of amides is 2. The largest absolute Gasteiger partial charge is 0.353 e. The minimum atomic E-state index is -0.656. The van der Waals surface area contributed by atoms with Gasteiger partial charge in [-0.05, 0) is 11.1 Å². The highest BCUT2D eigenvalue weighted by atomic mass is 16.5. The van der Waals surface area contributed by atoms with Gasteiger partial charge in [-0.15, -0.1) is 0 Å². The molecule has 0 aliphatic rings. The van der Waals surface area contributed by atoms with Gasteiger partial charge < -0.3 is 0 Å². The first kappa shape index (κ1) is 14.0. The molecule has 0 unspecified atom stereocenters. The van der Waals surface area contributed by atoms with Crippen LogP contribution in [-0.4, -0.2) is 16.2 Å². The predicted molar refractivity (Wildman–Crippen MR) is 75.6 cm³/mol. The fourth-order valence-electron chi connectivity index (χ4n) is 1.91. The van der Waals surface area contributed by atoms with Crippen molar-refractivity contribution in [2.75, 3.05) is 0 Å². The van der Waals surface area contributed by atoms with Crippen LogP contribution in [0.15, 0.2) is 60.7 Å². The first-order valence-corrected chi connectivity index (χ1v) is 6.31. The number of benzene rings is 2. The monoisotopic (exact) mass is 271 g/mol. The molecule has 0 heterocycles. The van der Waals surface area contributed by atoms with E-state index in [-0.39, 0.29) is 0 Å². The van der Waals surface area contributed by atoms with Crippen molar-refractivity contribution in [3.63, 3.8) is 0 Å². The van der Waals surface area contributed by atoms with Crippen LogP contribution in [0.2, 0.25) is 0 Å². The van der Waals surface area contributed by atoms with E-state index < -0.39 is 6.03 Å². The molecule has 0 fully saturated rings. The fraction of sp³-hybridized carbons (Fsp3) is 0.133. The molecular weight excluding hydrogens is 254 g/mol. The standard InChI is InChI=1S/C15H17N3O2/c19-15(17-20)16-18(11-13-7-3-1-4-8-13)12-14-9-5-2-6-10-14/h1-10,20H,11-12H2,(H2,16,17,19). The molecule has 2 aromatic carbocycles. The molecule has 0 saturated carbocycles. The van der Waals surface area contributed by atoms with Crippen LogP contribution >= 0.6 is 0 Å². The van der Waals surface area contributed by atoms with Gasteiger partial charge in [0, 0.05) is 13.1 Å². The Morgan fingerprint density at radius 3 is 1.75 bits per heavy atom. The number of rotatable bonds is 5. The Balaban J connectivity index is 2.06. The van der Waals surface area contributed by atoms with Gasteiger partial charge in [0.2, 0.25) is 0 Å². The number of hydrogen-bond donors (Lipinski definition) is 3. The molecule has 2 amide bonds. The van der Waals surface area contributed by atoms with Crippen LogP contribution in [0.4, 0.5) is 4.79 Å². The second-order valence-corrected chi connectivity index (χ2v) is 4.38. The number of urea groups is 1. The van der Waals surface area contributed by atoms with E-state index >= 15 is 0 Å². The zero-order valence-corrected chi connectivity index (χ0v) is 11.0. The number of hydrogen-bond acceptors (Lipinski definition) is 3. The summed E-state index contributed by atoms with van der Waals surface area (Å²) in [4.78, 5) is 11.3. The highest BCUT2D eigenvalue weighted by molar-refractivity contribution is 5.71. The summed E-state index contributed by atoms with van der Waals surface area (Å²) in [5.41, 5.74) is 6.31. The van der Waals surface area contributed by atoms with Crippen LogP contribution < -0.4 is 10.9 Å². The smallest absolute Gasteiger partial charge is 0.287 e. The van der Waals surface area contributed by atoms with Crippen LogP contribution in [0, 0.1) is 0 Å². The SMILES string of the molecule is O=C(NO)NN(Cc1ccccc1)Cc1ccccc1. The van der Waals surface area contributed by atoms with Gasteiger partial charge in [-0.1, -0.05) is 60.7 Å². The Morgan fingerprint density at radius 2 is 1.35 bits per heavy atom. The summed E-state index contributed by atoms with van der Waals surface area (Å²) < 4.78 is 0. The van der Waals surface area contributed by atoms with E-state index in [2.05, 4.69) is 5.43 Å². The summed E-state index contributed by atoms with van der Waals surface area (Å²) >= 11 is 0. The molecule has 0 radical (unpaired) electrons. The second-order valence-electron chi connectivity index (χ2n) is 4.38. The van der Waals surface area contributed by atoms with Gasteiger partial charge in [0.15, 0.2) is 0 Å². The maximum atomic E-state index is 11.3. The lowest BCUT2D eigenvalue weighted by atomic mass is 10.2. The Morgan fingerprint density at radius 1 is 0.900 bits per heavy atom. The number of nitrogens with one attached hydrogen (secondary N) is 2. The molecule has 2 aromatic rings. The van der Waals surface area contributed by atoms with Crippen LogP contribution in [0.3, 0.4) is 0 Å². The van der Waals surface area contributed by atoms with Gasteiger partial charge in [-0.2, -0.15) is 0 Å². The van der Waals surface area contributed by atoms with E-state index in [0.717, 1.165) is 11.1 Å². The summed E-state index contributed by atoms with van der Waals surface area (Å²) in [5.74, 6) is 0. The van der Waals surface area contributed by atoms with E-state index in [1.807, 2.05) is 60.7 Å². The second kappa shape index (κ2) is 7.28.